The molecule has 0 aromatic carbocycles. The Hall–Kier alpha value is -0.0200. The van der Waals surface area contributed by atoms with Gasteiger partial charge in [0.05, 0.1) is 19.8 Å². The first-order valence-corrected chi connectivity index (χ1v) is 6.43. The van der Waals surface area contributed by atoms with E-state index in [1.165, 1.54) is 6.07 Å². The van der Waals surface area contributed by atoms with Crippen molar-refractivity contribution in [3.63, 3.8) is 0 Å². The molecule has 0 aliphatic carbocycles. The summed E-state index contributed by atoms with van der Waals surface area (Å²) in [6.45, 7) is 4.99. The maximum atomic E-state index is 12.1. The fourth-order valence-corrected chi connectivity index (χ4v) is 2.35. The van der Waals surface area contributed by atoms with Crippen LogP contribution >= 0.6 is 7.60 Å². The molecule has 0 aromatic heterocycles. The van der Waals surface area contributed by atoms with E-state index in [2.05, 4.69) is 4.74 Å². The summed E-state index contributed by atoms with van der Waals surface area (Å²) in [7, 11) is -3.83. The summed E-state index contributed by atoms with van der Waals surface area (Å²) in [4.78, 5) is 11.4. The Morgan fingerprint density at radius 1 is 1.24 bits per heavy atom. The third-order valence-electron chi connectivity index (χ3n) is 1.45. The largest absolute Gasteiger partial charge is 1.00 e. The van der Waals surface area contributed by atoms with Crippen molar-refractivity contribution in [1.29, 1.82) is 5.26 Å². The SMILES string of the molecule is CCOC(=O)[C-](C#N)P(=O)(OCC)OCC.[Na+]. The smallest absolute Gasteiger partial charge is 0.487 e. The molecule has 0 atom stereocenters. The van der Waals surface area contributed by atoms with Gasteiger partial charge in [0.25, 0.3) is 0 Å². The summed E-state index contributed by atoms with van der Waals surface area (Å²) in [5.41, 5.74) is -0.613. The molecule has 0 fully saturated rings. The van der Waals surface area contributed by atoms with Crippen LogP contribution in [0.3, 0.4) is 0 Å². The summed E-state index contributed by atoms with van der Waals surface area (Å²) in [6, 6.07) is 1.53. The van der Waals surface area contributed by atoms with Gasteiger partial charge in [-0.05, 0) is 20.8 Å². The second kappa shape index (κ2) is 9.95. The van der Waals surface area contributed by atoms with Crippen molar-refractivity contribution < 1.29 is 52.7 Å². The maximum absolute atomic E-state index is 12.1. The molecule has 0 saturated heterocycles. The molecule has 0 amide bonds. The number of nitriles is 1. The van der Waals surface area contributed by atoms with E-state index >= 15 is 0 Å². The molecule has 0 radical (unpaired) electrons. The van der Waals surface area contributed by atoms with E-state index in [9.17, 15) is 9.36 Å². The molecular weight excluding hydrogens is 256 g/mol. The molecule has 0 aliphatic heterocycles. The molecule has 0 bridgehead atoms. The zero-order valence-corrected chi connectivity index (χ0v) is 13.5. The Morgan fingerprint density at radius 3 is 2.00 bits per heavy atom. The number of rotatable bonds is 7. The van der Waals surface area contributed by atoms with Crippen LogP contribution in [0.5, 0.6) is 0 Å². The molecule has 0 unspecified atom stereocenters. The molecule has 0 aromatic rings. The Morgan fingerprint density at radius 2 is 1.71 bits per heavy atom. The molecular formula is C9H15NNaO5P. The molecule has 92 valence electrons. The van der Waals surface area contributed by atoms with Gasteiger partial charge in [-0.1, -0.05) is 11.7 Å². The maximum Gasteiger partial charge on any atom is 1.00 e. The van der Waals surface area contributed by atoms with Crippen LogP contribution < -0.4 is 29.6 Å². The van der Waals surface area contributed by atoms with Gasteiger partial charge < -0.3 is 13.8 Å². The van der Waals surface area contributed by atoms with Crippen molar-refractivity contribution in [2.24, 2.45) is 0 Å². The van der Waals surface area contributed by atoms with Gasteiger partial charge in [-0.15, -0.1) is 0 Å². The second-order valence-corrected chi connectivity index (χ2v) is 4.47. The van der Waals surface area contributed by atoms with Gasteiger partial charge in [0.1, 0.15) is 0 Å². The first-order chi connectivity index (χ1) is 7.55. The van der Waals surface area contributed by atoms with E-state index in [4.69, 9.17) is 14.3 Å². The monoisotopic (exact) mass is 271 g/mol. The molecule has 0 spiro atoms. The van der Waals surface area contributed by atoms with Gasteiger partial charge in [0, 0.05) is 0 Å². The number of hydrogen-bond acceptors (Lipinski definition) is 6. The zero-order chi connectivity index (χ0) is 12.6. The Kier molecular flexibility index (Phi) is 11.3. The Bertz CT molecular complexity index is 307. The standard InChI is InChI=1S/C9H15NO5P.Na/c1-4-13-9(11)8(7-10)16(12,14-5-2)15-6-3;/h4-6H2,1-3H3;/q-1;+1. The predicted molar refractivity (Wildman–Crippen MR) is 56.3 cm³/mol. The molecule has 8 heteroatoms. The summed E-state index contributed by atoms with van der Waals surface area (Å²) in [6.07, 6.45) is 0. The minimum absolute atomic E-state index is 0. The van der Waals surface area contributed by atoms with Crippen LogP contribution in [0.4, 0.5) is 0 Å². The van der Waals surface area contributed by atoms with Crippen LogP contribution in [0.15, 0.2) is 0 Å². The molecule has 6 nitrogen and oxygen atoms in total. The quantitative estimate of drug-likeness (QED) is 0.252. The van der Waals surface area contributed by atoms with Gasteiger partial charge in [0.2, 0.25) is 7.60 Å². The van der Waals surface area contributed by atoms with Crippen LogP contribution in [0.2, 0.25) is 0 Å². The van der Waals surface area contributed by atoms with Crippen LogP contribution in [-0.2, 0) is 23.1 Å². The van der Waals surface area contributed by atoms with Crippen molar-refractivity contribution in [3.8, 4) is 6.07 Å². The van der Waals surface area contributed by atoms with E-state index in [0.29, 0.717) is 0 Å². The van der Waals surface area contributed by atoms with Crippen LogP contribution in [-0.4, -0.2) is 25.8 Å². The summed E-state index contributed by atoms with van der Waals surface area (Å²) in [5, 5.41) is 8.79. The zero-order valence-electron chi connectivity index (χ0n) is 10.6. The van der Waals surface area contributed by atoms with Crippen LogP contribution in [0.25, 0.3) is 0 Å². The topological polar surface area (TPSA) is 85.6 Å². The van der Waals surface area contributed by atoms with Crippen LogP contribution in [0.1, 0.15) is 20.8 Å². The summed E-state index contributed by atoms with van der Waals surface area (Å²) < 4.78 is 26.4. The van der Waals surface area contributed by atoms with Gasteiger partial charge in [-0.2, -0.15) is 0 Å². The molecule has 0 heterocycles. The van der Waals surface area contributed by atoms with Crippen LogP contribution in [0, 0.1) is 17.0 Å². The fraction of sp³-hybridized carbons (Fsp3) is 0.667. The third kappa shape index (κ3) is 5.91. The van der Waals surface area contributed by atoms with Crippen molar-refractivity contribution >= 4 is 13.6 Å². The summed E-state index contributed by atoms with van der Waals surface area (Å²) in [5.74, 6) is -0.963. The minimum atomic E-state index is -3.83. The van der Waals surface area contributed by atoms with E-state index in [-0.39, 0.29) is 49.4 Å². The minimum Gasteiger partial charge on any atom is -0.487 e. The van der Waals surface area contributed by atoms with Gasteiger partial charge >= 0.3 is 29.6 Å². The molecule has 0 rings (SSSR count). The average molecular weight is 271 g/mol. The molecule has 0 saturated carbocycles. The average Bonchev–Trinajstić information content (AvgIpc) is 2.19. The number of nitrogens with zero attached hydrogens (tertiary/aromatic N) is 1. The third-order valence-corrected chi connectivity index (χ3v) is 3.47. The predicted octanol–water partition coefficient (Wildman–Crippen LogP) is -1.12. The first-order valence-electron chi connectivity index (χ1n) is 4.89. The molecule has 0 aliphatic rings. The Balaban J connectivity index is 0. The normalized spacial score (nSPS) is 10.0. The van der Waals surface area contributed by atoms with E-state index in [1.54, 1.807) is 20.8 Å². The number of carbonyl (C=O) groups excluding carboxylic acids is 1. The van der Waals surface area contributed by atoms with Crippen molar-refractivity contribution in [1.82, 2.24) is 0 Å². The number of carbonyl (C=O) groups is 1. The summed E-state index contributed by atoms with van der Waals surface area (Å²) >= 11 is 0. The van der Waals surface area contributed by atoms with Crippen molar-refractivity contribution in [2.75, 3.05) is 19.8 Å². The van der Waals surface area contributed by atoms with Crippen molar-refractivity contribution in [2.45, 2.75) is 20.8 Å². The van der Waals surface area contributed by atoms with Gasteiger partial charge in [-0.3, -0.25) is 9.36 Å². The van der Waals surface area contributed by atoms with Gasteiger partial charge in [-0.25, -0.2) is 5.26 Å². The van der Waals surface area contributed by atoms with Gasteiger partial charge in [0.15, 0.2) is 5.97 Å². The fourth-order valence-electron chi connectivity index (χ4n) is 0.924. The van der Waals surface area contributed by atoms with Crippen molar-refractivity contribution in [3.05, 3.63) is 5.66 Å². The molecule has 17 heavy (non-hydrogen) atoms. The van der Waals surface area contributed by atoms with E-state index in [0.717, 1.165) is 0 Å². The van der Waals surface area contributed by atoms with E-state index in [1.807, 2.05) is 0 Å². The number of ether oxygens (including phenoxy) is 1. The Labute approximate surface area is 123 Å². The number of hydrogen-bond donors (Lipinski definition) is 0. The first kappa shape index (κ1) is 19.3. The second-order valence-electron chi connectivity index (χ2n) is 2.51. The molecule has 0 N–H and O–H groups in total. The van der Waals surface area contributed by atoms with E-state index < -0.39 is 19.2 Å². The number of esters is 1.